The molecule has 28 heavy (non-hydrogen) atoms. The minimum atomic E-state index is -0.688. The molecule has 6 heteroatoms. The maximum Gasteiger partial charge on any atom is 0.0983 e. The summed E-state index contributed by atoms with van der Waals surface area (Å²) in [5.74, 6) is 0. The van der Waals surface area contributed by atoms with Crippen molar-refractivity contribution in [2.24, 2.45) is 0 Å². The molecular formula is C22H26N4O2. The third kappa shape index (κ3) is 4.65. The molecule has 1 aliphatic heterocycles. The molecule has 1 fully saturated rings. The Bertz CT molecular complexity index is 874. The highest BCUT2D eigenvalue weighted by atomic mass is 16.5. The Kier molecular flexibility index (Phi) is 5.81. The first kappa shape index (κ1) is 18.8. The molecule has 0 unspecified atom stereocenters. The van der Waals surface area contributed by atoms with E-state index >= 15 is 0 Å². The zero-order valence-corrected chi connectivity index (χ0v) is 15.9. The molecule has 0 amide bonds. The first-order chi connectivity index (χ1) is 13.7. The molecule has 6 nitrogen and oxygen atoms in total. The first-order valence-corrected chi connectivity index (χ1v) is 9.73. The Labute approximate surface area is 165 Å². The van der Waals surface area contributed by atoms with Gasteiger partial charge in [-0.15, -0.1) is 0 Å². The Hall–Kier alpha value is -2.54. The van der Waals surface area contributed by atoms with Crippen molar-refractivity contribution in [1.82, 2.24) is 20.1 Å². The Morgan fingerprint density at radius 3 is 2.68 bits per heavy atom. The van der Waals surface area contributed by atoms with Gasteiger partial charge >= 0.3 is 0 Å². The molecule has 2 N–H and O–H groups in total. The number of pyridine rings is 1. The molecule has 0 bridgehead atoms. The van der Waals surface area contributed by atoms with E-state index in [1.807, 2.05) is 41.2 Å². The quantitative estimate of drug-likeness (QED) is 0.661. The van der Waals surface area contributed by atoms with Crippen LogP contribution in [0, 0.1) is 0 Å². The number of ether oxygens (including phenoxy) is 1. The van der Waals surface area contributed by atoms with Gasteiger partial charge in [-0.1, -0.05) is 30.3 Å². The van der Waals surface area contributed by atoms with Crippen molar-refractivity contribution in [3.8, 4) is 11.3 Å². The Morgan fingerprint density at radius 2 is 1.93 bits per heavy atom. The Morgan fingerprint density at radius 1 is 1.11 bits per heavy atom. The van der Waals surface area contributed by atoms with Crippen LogP contribution in [0.1, 0.15) is 24.0 Å². The Balaban J connectivity index is 1.51. The molecule has 0 radical (unpaired) electrons. The number of aliphatic hydroxyl groups is 1. The van der Waals surface area contributed by atoms with Gasteiger partial charge in [0.25, 0.3) is 0 Å². The van der Waals surface area contributed by atoms with Crippen LogP contribution in [-0.4, -0.2) is 45.2 Å². The lowest BCUT2D eigenvalue weighted by atomic mass is 9.94. The maximum atomic E-state index is 10.7. The molecule has 1 aromatic carbocycles. The number of nitrogens with one attached hydrogen (secondary N) is 1. The van der Waals surface area contributed by atoms with E-state index in [4.69, 9.17) is 9.84 Å². The first-order valence-electron chi connectivity index (χ1n) is 9.73. The average molecular weight is 378 g/mol. The van der Waals surface area contributed by atoms with Gasteiger partial charge in [-0.05, 0) is 17.7 Å². The zero-order valence-electron chi connectivity index (χ0n) is 15.9. The molecule has 3 heterocycles. The molecule has 0 spiro atoms. The van der Waals surface area contributed by atoms with Crippen LogP contribution in [0.15, 0.2) is 61.1 Å². The molecule has 0 atom stereocenters. The number of hydrogen-bond donors (Lipinski definition) is 2. The lowest BCUT2D eigenvalue weighted by molar-refractivity contribution is -0.0616. The van der Waals surface area contributed by atoms with Gasteiger partial charge in [-0.25, -0.2) is 0 Å². The fraction of sp³-hybridized carbons (Fsp3) is 0.364. The summed E-state index contributed by atoms with van der Waals surface area (Å²) in [7, 11) is 0. The van der Waals surface area contributed by atoms with Crippen LogP contribution in [0.5, 0.6) is 0 Å². The normalized spacial score (nSPS) is 16.2. The van der Waals surface area contributed by atoms with Crippen LogP contribution in [0.3, 0.4) is 0 Å². The highest BCUT2D eigenvalue weighted by Crippen LogP contribution is 2.23. The molecule has 1 saturated heterocycles. The topological polar surface area (TPSA) is 72.2 Å². The predicted octanol–water partition coefficient (Wildman–Crippen LogP) is 2.62. The predicted molar refractivity (Wildman–Crippen MR) is 108 cm³/mol. The largest absolute Gasteiger partial charge is 0.388 e. The maximum absolute atomic E-state index is 10.7. The van der Waals surface area contributed by atoms with Crippen molar-refractivity contribution in [3.63, 3.8) is 0 Å². The highest BCUT2D eigenvalue weighted by Gasteiger charge is 2.29. The van der Waals surface area contributed by atoms with Crippen molar-refractivity contribution in [2.75, 3.05) is 19.8 Å². The van der Waals surface area contributed by atoms with E-state index < -0.39 is 5.60 Å². The summed E-state index contributed by atoms with van der Waals surface area (Å²) in [5, 5.41) is 18.9. The molecule has 2 aromatic heterocycles. The fourth-order valence-electron chi connectivity index (χ4n) is 3.55. The number of aromatic nitrogens is 3. The molecule has 3 aromatic rings. The summed E-state index contributed by atoms with van der Waals surface area (Å²) in [6, 6.07) is 14.2. The lowest BCUT2D eigenvalue weighted by Gasteiger charge is -2.32. The minimum Gasteiger partial charge on any atom is -0.388 e. The highest BCUT2D eigenvalue weighted by molar-refractivity contribution is 5.61. The zero-order chi connectivity index (χ0) is 19.2. The number of hydrogen-bond acceptors (Lipinski definition) is 5. The third-order valence-electron chi connectivity index (χ3n) is 5.15. The van der Waals surface area contributed by atoms with Gasteiger partial charge in [-0.3, -0.25) is 9.67 Å². The molecular weight excluding hydrogens is 352 g/mol. The third-order valence-corrected chi connectivity index (χ3v) is 5.15. The second-order valence-electron chi connectivity index (χ2n) is 7.37. The molecule has 1 aliphatic rings. The summed E-state index contributed by atoms with van der Waals surface area (Å²) in [6.07, 6.45) is 7.02. The summed E-state index contributed by atoms with van der Waals surface area (Å²) in [5.41, 5.74) is 3.54. The second kappa shape index (κ2) is 8.65. The number of nitrogens with zero attached hydrogens (tertiary/aromatic N) is 3. The van der Waals surface area contributed by atoms with Crippen molar-refractivity contribution >= 4 is 0 Å². The van der Waals surface area contributed by atoms with E-state index in [-0.39, 0.29) is 0 Å². The standard InChI is InChI=1S/C22H26N4O2/c27-22(8-11-28-12-9-22)17-24-14-20-16-26(15-18-5-2-1-3-6-18)25-21(20)19-7-4-10-23-13-19/h1-7,10,13,16,24,27H,8-9,11-12,14-15,17H2. The van der Waals surface area contributed by atoms with Gasteiger partial charge in [-0.2, -0.15) is 5.10 Å². The van der Waals surface area contributed by atoms with Crippen LogP contribution in [0.4, 0.5) is 0 Å². The second-order valence-corrected chi connectivity index (χ2v) is 7.37. The van der Waals surface area contributed by atoms with Crippen LogP contribution < -0.4 is 5.32 Å². The van der Waals surface area contributed by atoms with E-state index in [9.17, 15) is 5.11 Å². The summed E-state index contributed by atoms with van der Waals surface area (Å²) in [4.78, 5) is 4.24. The van der Waals surface area contributed by atoms with Gasteiger partial charge in [0.2, 0.25) is 0 Å². The summed E-state index contributed by atoms with van der Waals surface area (Å²) in [6.45, 7) is 3.15. The molecule has 4 rings (SSSR count). The van der Waals surface area contributed by atoms with Gasteiger partial charge in [0.05, 0.1) is 17.8 Å². The number of benzene rings is 1. The summed E-state index contributed by atoms with van der Waals surface area (Å²) < 4.78 is 7.33. The van der Waals surface area contributed by atoms with E-state index in [2.05, 4.69) is 28.6 Å². The van der Waals surface area contributed by atoms with Crippen molar-refractivity contribution in [3.05, 3.63) is 72.2 Å². The average Bonchev–Trinajstić information content (AvgIpc) is 3.12. The van der Waals surface area contributed by atoms with Gasteiger partial charge in [0, 0.05) is 68.9 Å². The van der Waals surface area contributed by atoms with E-state index in [0.29, 0.717) is 39.1 Å². The minimum absolute atomic E-state index is 0.548. The van der Waals surface area contributed by atoms with E-state index in [0.717, 1.165) is 23.4 Å². The smallest absolute Gasteiger partial charge is 0.0983 e. The monoisotopic (exact) mass is 378 g/mol. The van der Waals surface area contributed by atoms with Crippen molar-refractivity contribution < 1.29 is 9.84 Å². The molecule has 146 valence electrons. The molecule has 0 aliphatic carbocycles. The van der Waals surface area contributed by atoms with E-state index in [1.54, 1.807) is 6.20 Å². The van der Waals surface area contributed by atoms with Crippen LogP contribution in [0.2, 0.25) is 0 Å². The lowest BCUT2D eigenvalue weighted by Crippen LogP contribution is -2.44. The van der Waals surface area contributed by atoms with Gasteiger partial charge in [0.1, 0.15) is 0 Å². The van der Waals surface area contributed by atoms with Crippen LogP contribution >= 0.6 is 0 Å². The van der Waals surface area contributed by atoms with Crippen LogP contribution in [0.25, 0.3) is 11.3 Å². The van der Waals surface area contributed by atoms with Crippen molar-refractivity contribution in [1.29, 1.82) is 0 Å². The molecule has 0 saturated carbocycles. The SMILES string of the molecule is OC1(CNCc2cn(Cc3ccccc3)nc2-c2cccnc2)CCOCC1. The fourth-order valence-corrected chi connectivity index (χ4v) is 3.55. The van der Waals surface area contributed by atoms with Crippen LogP contribution in [-0.2, 0) is 17.8 Å². The number of rotatable bonds is 7. The van der Waals surface area contributed by atoms with Gasteiger partial charge in [0.15, 0.2) is 0 Å². The van der Waals surface area contributed by atoms with E-state index in [1.165, 1.54) is 5.56 Å². The van der Waals surface area contributed by atoms with Gasteiger partial charge < -0.3 is 15.2 Å². The summed E-state index contributed by atoms with van der Waals surface area (Å²) >= 11 is 0. The van der Waals surface area contributed by atoms with Crippen molar-refractivity contribution in [2.45, 2.75) is 31.5 Å².